The zero-order valence-corrected chi connectivity index (χ0v) is 13.7. The first-order valence-corrected chi connectivity index (χ1v) is 8.14. The van der Waals surface area contributed by atoms with Crippen molar-refractivity contribution >= 4 is 5.91 Å². The SMILES string of the molecule is Cc1ccccc1Oc1ccccc1CNC(=O)C1COCCN1. The Morgan fingerprint density at radius 1 is 1.21 bits per heavy atom. The number of hydrogen-bond acceptors (Lipinski definition) is 4. The number of hydrogen-bond donors (Lipinski definition) is 2. The van der Waals surface area contributed by atoms with Gasteiger partial charge in [0, 0.05) is 18.7 Å². The number of amides is 1. The summed E-state index contributed by atoms with van der Waals surface area (Å²) < 4.78 is 11.3. The zero-order chi connectivity index (χ0) is 16.8. The van der Waals surface area contributed by atoms with E-state index in [0.29, 0.717) is 26.3 Å². The lowest BCUT2D eigenvalue weighted by atomic mass is 10.1. The third-order valence-corrected chi connectivity index (χ3v) is 3.98. The van der Waals surface area contributed by atoms with Crippen molar-refractivity contribution in [3.05, 3.63) is 59.7 Å². The van der Waals surface area contributed by atoms with Crippen LogP contribution in [-0.4, -0.2) is 31.7 Å². The second kappa shape index (κ2) is 7.95. The summed E-state index contributed by atoms with van der Waals surface area (Å²) in [7, 11) is 0. The Balaban J connectivity index is 1.66. The van der Waals surface area contributed by atoms with Crippen LogP contribution in [0, 0.1) is 6.92 Å². The molecule has 0 aromatic heterocycles. The lowest BCUT2D eigenvalue weighted by molar-refractivity contribution is -0.126. The van der Waals surface area contributed by atoms with Crippen LogP contribution in [0.4, 0.5) is 0 Å². The molecule has 1 fully saturated rings. The van der Waals surface area contributed by atoms with Gasteiger partial charge < -0.3 is 20.1 Å². The average molecular weight is 326 g/mol. The smallest absolute Gasteiger partial charge is 0.239 e. The van der Waals surface area contributed by atoms with Crippen molar-refractivity contribution in [3.63, 3.8) is 0 Å². The monoisotopic (exact) mass is 326 g/mol. The highest BCUT2D eigenvalue weighted by Crippen LogP contribution is 2.27. The minimum atomic E-state index is -0.289. The van der Waals surface area contributed by atoms with Gasteiger partial charge in [0.15, 0.2) is 0 Å². The van der Waals surface area contributed by atoms with E-state index >= 15 is 0 Å². The standard InChI is InChI=1S/C19H22N2O3/c1-14-6-2-4-8-17(14)24-18-9-5-3-7-15(18)12-21-19(22)16-13-23-11-10-20-16/h2-9,16,20H,10-13H2,1H3,(H,21,22). The number of para-hydroxylation sites is 2. The number of carbonyl (C=O) groups is 1. The zero-order valence-electron chi connectivity index (χ0n) is 13.7. The van der Waals surface area contributed by atoms with E-state index in [-0.39, 0.29) is 11.9 Å². The molecule has 0 saturated carbocycles. The van der Waals surface area contributed by atoms with Crippen LogP contribution in [0.5, 0.6) is 11.5 Å². The van der Waals surface area contributed by atoms with Crippen LogP contribution in [0.25, 0.3) is 0 Å². The van der Waals surface area contributed by atoms with Crippen molar-refractivity contribution in [1.29, 1.82) is 0 Å². The molecule has 2 N–H and O–H groups in total. The van der Waals surface area contributed by atoms with E-state index in [1.165, 1.54) is 0 Å². The van der Waals surface area contributed by atoms with Crippen LogP contribution in [0.1, 0.15) is 11.1 Å². The van der Waals surface area contributed by atoms with Gasteiger partial charge >= 0.3 is 0 Å². The summed E-state index contributed by atoms with van der Waals surface area (Å²) in [4.78, 5) is 12.2. The molecule has 1 aliphatic heterocycles. The molecule has 5 heteroatoms. The second-order valence-corrected chi connectivity index (χ2v) is 5.77. The van der Waals surface area contributed by atoms with E-state index in [1.54, 1.807) is 0 Å². The van der Waals surface area contributed by atoms with E-state index < -0.39 is 0 Å². The first-order valence-electron chi connectivity index (χ1n) is 8.14. The van der Waals surface area contributed by atoms with E-state index in [4.69, 9.17) is 9.47 Å². The molecule has 1 atom stereocenters. The van der Waals surface area contributed by atoms with E-state index in [0.717, 1.165) is 22.6 Å². The fourth-order valence-electron chi connectivity index (χ4n) is 2.58. The summed E-state index contributed by atoms with van der Waals surface area (Å²) >= 11 is 0. The Kier molecular flexibility index (Phi) is 5.46. The van der Waals surface area contributed by atoms with Crippen LogP contribution in [0.3, 0.4) is 0 Å². The summed E-state index contributed by atoms with van der Waals surface area (Å²) in [6.07, 6.45) is 0. The van der Waals surface area contributed by atoms with Gasteiger partial charge in [0.25, 0.3) is 0 Å². The highest BCUT2D eigenvalue weighted by Gasteiger charge is 2.21. The lowest BCUT2D eigenvalue weighted by Crippen LogP contribution is -2.51. The fourth-order valence-corrected chi connectivity index (χ4v) is 2.58. The number of ether oxygens (including phenoxy) is 2. The Hall–Kier alpha value is -2.37. The van der Waals surface area contributed by atoms with Crippen molar-refractivity contribution in [2.45, 2.75) is 19.5 Å². The molecule has 1 unspecified atom stereocenters. The molecule has 24 heavy (non-hydrogen) atoms. The van der Waals surface area contributed by atoms with Gasteiger partial charge in [-0.1, -0.05) is 36.4 Å². The molecule has 1 amide bonds. The number of rotatable bonds is 5. The van der Waals surface area contributed by atoms with Gasteiger partial charge in [-0.05, 0) is 24.6 Å². The van der Waals surface area contributed by atoms with E-state index in [1.807, 2.05) is 55.5 Å². The maximum absolute atomic E-state index is 12.2. The highest BCUT2D eigenvalue weighted by molar-refractivity contribution is 5.82. The molecule has 126 valence electrons. The molecule has 2 aromatic rings. The normalized spacial score (nSPS) is 17.3. The largest absolute Gasteiger partial charge is 0.457 e. The molecule has 1 heterocycles. The van der Waals surface area contributed by atoms with Gasteiger partial charge in [0.1, 0.15) is 17.5 Å². The minimum Gasteiger partial charge on any atom is -0.457 e. The third kappa shape index (κ3) is 4.13. The minimum absolute atomic E-state index is 0.0552. The Morgan fingerprint density at radius 2 is 1.96 bits per heavy atom. The first kappa shape index (κ1) is 16.5. The van der Waals surface area contributed by atoms with Gasteiger partial charge in [-0.2, -0.15) is 0 Å². The lowest BCUT2D eigenvalue weighted by Gasteiger charge is -2.23. The molecule has 3 rings (SSSR count). The third-order valence-electron chi connectivity index (χ3n) is 3.98. The van der Waals surface area contributed by atoms with Crippen LogP contribution >= 0.6 is 0 Å². The van der Waals surface area contributed by atoms with E-state index in [2.05, 4.69) is 10.6 Å². The van der Waals surface area contributed by atoms with Crippen molar-refractivity contribution in [2.24, 2.45) is 0 Å². The topological polar surface area (TPSA) is 59.6 Å². The molecular formula is C19H22N2O3. The number of aryl methyl sites for hydroxylation is 1. The Morgan fingerprint density at radius 3 is 2.71 bits per heavy atom. The van der Waals surface area contributed by atoms with Gasteiger partial charge in [-0.15, -0.1) is 0 Å². The summed E-state index contributed by atoms with van der Waals surface area (Å²) in [5.74, 6) is 1.51. The number of morpholine rings is 1. The van der Waals surface area contributed by atoms with Gasteiger partial charge in [0.05, 0.1) is 13.2 Å². The van der Waals surface area contributed by atoms with Crippen LogP contribution in [-0.2, 0) is 16.1 Å². The molecule has 2 aromatic carbocycles. The van der Waals surface area contributed by atoms with Gasteiger partial charge in [-0.25, -0.2) is 0 Å². The summed E-state index contributed by atoms with van der Waals surface area (Å²) in [6, 6.07) is 15.3. The molecule has 0 radical (unpaired) electrons. The molecule has 0 aliphatic carbocycles. The quantitative estimate of drug-likeness (QED) is 0.886. The number of carbonyl (C=O) groups excluding carboxylic acids is 1. The van der Waals surface area contributed by atoms with Crippen molar-refractivity contribution in [2.75, 3.05) is 19.8 Å². The first-order chi connectivity index (χ1) is 11.7. The summed E-state index contributed by atoms with van der Waals surface area (Å²) in [6.45, 7) is 4.18. The molecule has 0 spiro atoms. The average Bonchev–Trinajstić information content (AvgIpc) is 2.63. The van der Waals surface area contributed by atoms with Gasteiger partial charge in [0.2, 0.25) is 5.91 Å². The summed E-state index contributed by atoms with van der Waals surface area (Å²) in [5.41, 5.74) is 2.01. The van der Waals surface area contributed by atoms with Crippen LogP contribution in [0.15, 0.2) is 48.5 Å². The number of nitrogens with one attached hydrogen (secondary N) is 2. The van der Waals surface area contributed by atoms with Crippen LogP contribution < -0.4 is 15.4 Å². The molecule has 1 saturated heterocycles. The van der Waals surface area contributed by atoms with Crippen LogP contribution in [0.2, 0.25) is 0 Å². The maximum Gasteiger partial charge on any atom is 0.239 e. The maximum atomic E-state index is 12.2. The summed E-state index contributed by atoms with van der Waals surface area (Å²) in [5, 5.41) is 6.10. The molecule has 1 aliphatic rings. The van der Waals surface area contributed by atoms with Crippen molar-refractivity contribution in [1.82, 2.24) is 10.6 Å². The van der Waals surface area contributed by atoms with Crippen molar-refractivity contribution in [3.8, 4) is 11.5 Å². The second-order valence-electron chi connectivity index (χ2n) is 5.77. The predicted molar refractivity (Wildman–Crippen MR) is 92.2 cm³/mol. The van der Waals surface area contributed by atoms with Crippen molar-refractivity contribution < 1.29 is 14.3 Å². The Bertz CT molecular complexity index is 697. The predicted octanol–water partition coefficient (Wildman–Crippen LogP) is 2.39. The fraction of sp³-hybridized carbons (Fsp3) is 0.316. The Labute approximate surface area is 142 Å². The van der Waals surface area contributed by atoms with Gasteiger partial charge in [-0.3, -0.25) is 4.79 Å². The molecule has 0 bridgehead atoms. The molecule has 5 nitrogen and oxygen atoms in total. The number of benzene rings is 2. The highest BCUT2D eigenvalue weighted by atomic mass is 16.5. The molecular weight excluding hydrogens is 304 g/mol. The van der Waals surface area contributed by atoms with E-state index in [9.17, 15) is 4.79 Å².